The van der Waals surface area contributed by atoms with Crippen molar-refractivity contribution in [3.8, 4) is 5.75 Å². The van der Waals surface area contributed by atoms with Crippen molar-refractivity contribution in [2.24, 2.45) is 5.41 Å². The fourth-order valence-corrected chi connectivity index (χ4v) is 2.27. The van der Waals surface area contributed by atoms with Crippen molar-refractivity contribution >= 4 is 11.6 Å². The molecular formula is C15H22N2O2. The summed E-state index contributed by atoms with van der Waals surface area (Å²) in [5.41, 5.74) is 6.65. The SMILES string of the molecule is CCCC1(CNC(=O)COc2ccc(N)cc2)CC1. The quantitative estimate of drug-likeness (QED) is 0.741. The van der Waals surface area contributed by atoms with Gasteiger partial charge in [0.1, 0.15) is 5.75 Å². The minimum absolute atomic E-state index is 0.0563. The molecule has 104 valence electrons. The van der Waals surface area contributed by atoms with E-state index in [0.29, 0.717) is 16.9 Å². The van der Waals surface area contributed by atoms with E-state index in [2.05, 4.69) is 12.2 Å². The van der Waals surface area contributed by atoms with Crippen molar-refractivity contribution in [3.05, 3.63) is 24.3 Å². The second kappa shape index (κ2) is 5.95. The van der Waals surface area contributed by atoms with Crippen molar-refractivity contribution in [3.63, 3.8) is 0 Å². The lowest BCUT2D eigenvalue weighted by Gasteiger charge is -2.15. The first-order valence-corrected chi connectivity index (χ1v) is 6.89. The van der Waals surface area contributed by atoms with Crippen molar-refractivity contribution in [1.82, 2.24) is 5.32 Å². The fourth-order valence-electron chi connectivity index (χ4n) is 2.27. The van der Waals surface area contributed by atoms with E-state index in [9.17, 15) is 4.79 Å². The monoisotopic (exact) mass is 262 g/mol. The van der Waals surface area contributed by atoms with E-state index >= 15 is 0 Å². The third-order valence-corrected chi connectivity index (χ3v) is 3.65. The summed E-state index contributed by atoms with van der Waals surface area (Å²) in [5.74, 6) is 0.609. The first-order valence-electron chi connectivity index (χ1n) is 6.89. The van der Waals surface area contributed by atoms with Gasteiger partial charge in [-0.1, -0.05) is 13.3 Å². The first-order chi connectivity index (χ1) is 9.13. The molecule has 0 aliphatic heterocycles. The van der Waals surface area contributed by atoms with Gasteiger partial charge in [0.2, 0.25) is 0 Å². The molecule has 1 aliphatic rings. The molecule has 1 aromatic carbocycles. The van der Waals surface area contributed by atoms with Crippen LogP contribution in [-0.2, 0) is 4.79 Å². The average molecular weight is 262 g/mol. The smallest absolute Gasteiger partial charge is 0.257 e. The van der Waals surface area contributed by atoms with Gasteiger partial charge in [-0.3, -0.25) is 4.79 Å². The summed E-state index contributed by atoms with van der Waals surface area (Å²) in [5, 5.41) is 2.96. The summed E-state index contributed by atoms with van der Waals surface area (Å²) < 4.78 is 5.40. The van der Waals surface area contributed by atoms with Crippen molar-refractivity contribution in [2.45, 2.75) is 32.6 Å². The Balaban J connectivity index is 1.69. The van der Waals surface area contributed by atoms with E-state index in [0.717, 1.165) is 6.54 Å². The number of nitrogen functional groups attached to an aromatic ring is 1. The zero-order chi connectivity index (χ0) is 13.7. The molecule has 0 unspecified atom stereocenters. The van der Waals surface area contributed by atoms with Crippen LogP contribution in [0.4, 0.5) is 5.69 Å². The number of amides is 1. The molecule has 4 nitrogen and oxygen atoms in total. The highest BCUT2D eigenvalue weighted by atomic mass is 16.5. The van der Waals surface area contributed by atoms with E-state index in [1.807, 2.05) is 0 Å². The molecule has 0 radical (unpaired) electrons. The maximum Gasteiger partial charge on any atom is 0.257 e. The fraction of sp³-hybridized carbons (Fsp3) is 0.533. The number of hydrogen-bond donors (Lipinski definition) is 2. The van der Waals surface area contributed by atoms with Gasteiger partial charge in [-0.05, 0) is 48.9 Å². The topological polar surface area (TPSA) is 64.3 Å². The molecule has 0 spiro atoms. The molecule has 0 heterocycles. The maximum atomic E-state index is 11.7. The van der Waals surface area contributed by atoms with Crippen LogP contribution in [0.25, 0.3) is 0 Å². The summed E-state index contributed by atoms with van der Waals surface area (Å²) >= 11 is 0. The average Bonchev–Trinajstić information content (AvgIpc) is 3.17. The number of ether oxygens (including phenoxy) is 1. The molecule has 0 saturated heterocycles. The maximum absolute atomic E-state index is 11.7. The van der Waals surface area contributed by atoms with Crippen molar-refractivity contribution in [2.75, 3.05) is 18.9 Å². The van der Waals surface area contributed by atoms with E-state index in [-0.39, 0.29) is 12.5 Å². The first kappa shape index (κ1) is 13.7. The van der Waals surface area contributed by atoms with Gasteiger partial charge in [0.25, 0.3) is 5.91 Å². The Morgan fingerprint density at radius 3 is 2.63 bits per heavy atom. The number of rotatable bonds is 7. The Kier molecular flexibility index (Phi) is 4.30. The second-order valence-electron chi connectivity index (χ2n) is 5.38. The molecule has 3 N–H and O–H groups in total. The van der Waals surface area contributed by atoms with Gasteiger partial charge in [-0.25, -0.2) is 0 Å². The molecule has 19 heavy (non-hydrogen) atoms. The Hall–Kier alpha value is -1.71. The Morgan fingerprint density at radius 2 is 2.05 bits per heavy atom. The minimum Gasteiger partial charge on any atom is -0.484 e. The van der Waals surface area contributed by atoms with Crippen molar-refractivity contribution in [1.29, 1.82) is 0 Å². The normalized spacial score (nSPS) is 15.8. The van der Waals surface area contributed by atoms with E-state index in [1.54, 1.807) is 24.3 Å². The van der Waals surface area contributed by atoms with Crippen LogP contribution in [0.3, 0.4) is 0 Å². The number of nitrogens with one attached hydrogen (secondary N) is 1. The third-order valence-electron chi connectivity index (χ3n) is 3.65. The molecule has 1 fully saturated rings. The third kappa shape index (κ3) is 4.16. The molecule has 1 amide bonds. The number of carbonyl (C=O) groups excluding carboxylic acids is 1. The van der Waals surface area contributed by atoms with Gasteiger partial charge in [0.15, 0.2) is 6.61 Å². The van der Waals surface area contributed by atoms with E-state index < -0.39 is 0 Å². The molecule has 1 aromatic rings. The zero-order valence-electron chi connectivity index (χ0n) is 11.4. The van der Waals surface area contributed by atoms with Crippen LogP contribution in [0.15, 0.2) is 24.3 Å². The predicted molar refractivity (Wildman–Crippen MR) is 75.9 cm³/mol. The standard InChI is InChI=1S/C15H22N2O2/c1-2-7-15(8-9-15)11-17-14(18)10-19-13-5-3-12(16)4-6-13/h3-6H,2,7-11,16H2,1H3,(H,17,18). The van der Waals surface area contributed by atoms with Crippen LogP contribution in [0, 0.1) is 5.41 Å². The van der Waals surface area contributed by atoms with Gasteiger partial charge in [0.05, 0.1) is 0 Å². The van der Waals surface area contributed by atoms with Crippen LogP contribution >= 0.6 is 0 Å². The number of nitrogens with two attached hydrogens (primary N) is 1. The molecule has 0 bridgehead atoms. The van der Waals surface area contributed by atoms with Crippen molar-refractivity contribution < 1.29 is 9.53 Å². The lowest BCUT2D eigenvalue weighted by molar-refractivity contribution is -0.123. The van der Waals surface area contributed by atoms with Crippen LogP contribution < -0.4 is 15.8 Å². The Bertz CT molecular complexity index is 424. The Morgan fingerprint density at radius 1 is 1.37 bits per heavy atom. The van der Waals surface area contributed by atoms with Gasteiger partial charge in [-0.15, -0.1) is 0 Å². The number of hydrogen-bond acceptors (Lipinski definition) is 3. The second-order valence-corrected chi connectivity index (χ2v) is 5.38. The van der Waals surface area contributed by atoms with Crippen LogP contribution in [0.2, 0.25) is 0 Å². The Labute approximate surface area is 114 Å². The molecule has 0 atom stereocenters. The number of benzene rings is 1. The van der Waals surface area contributed by atoms with Gasteiger partial charge in [-0.2, -0.15) is 0 Å². The van der Waals surface area contributed by atoms with Crippen LogP contribution in [0.1, 0.15) is 32.6 Å². The molecule has 1 saturated carbocycles. The van der Waals surface area contributed by atoms with Gasteiger partial charge in [0, 0.05) is 12.2 Å². The summed E-state index contributed by atoms with van der Waals surface area (Å²) in [4.78, 5) is 11.7. The summed E-state index contributed by atoms with van der Waals surface area (Å²) in [6.07, 6.45) is 4.85. The molecular weight excluding hydrogens is 240 g/mol. The van der Waals surface area contributed by atoms with Crippen LogP contribution in [-0.4, -0.2) is 19.1 Å². The largest absolute Gasteiger partial charge is 0.484 e. The highest BCUT2D eigenvalue weighted by Crippen LogP contribution is 2.48. The minimum atomic E-state index is -0.0563. The summed E-state index contributed by atoms with van der Waals surface area (Å²) in [6, 6.07) is 7.05. The summed E-state index contributed by atoms with van der Waals surface area (Å²) in [6.45, 7) is 3.03. The van der Waals surface area contributed by atoms with Gasteiger partial charge >= 0.3 is 0 Å². The lowest BCUT2D eigenvalue weighted by Crippen LogP contribution is -2.33. The molecule has 4 heteroatoms. The predicted octanol–water partition coefficient (Wildman–Crippen LogP) is 2.34. The zero-order valence-corrected chi connectivity index (χ0v) is 11.4. The summed E-state index contributed by atoms with van der Waals surface area (Å²) in [7, 11) is 0. The highest BCUT2D eigenvalue weighted by molar-refractivity contribution is 5.77. The molecule has 0 aromatic heterocycles. The highest BCUT2D eigenvalue weighted by Gasteiger charge is 2.41. The van der Waals surface area contributed by atoms with Crippen LogP contribution in [0.5, 0.6) is 5.75 Å². The lowest BCUT2D eigenvalue weighted by atomic mass is 10.0. The number of carbonyl (C=O) groups is 1. The molecule has 1 aliphatic carbocycles. The number of anilines is 1. The van der Waals surface area contributed by atoms with E-state index in [4.69, 9.17) is 10.5 Å². The van der Waals surface area contributed by atoms with E-state index in [1.165, 1.54) is 25.7 Å². The van der Waals surface area contributed by atoms with Gasteiger partial charge < -0.3 is 15.8 Å². The molecule has 2 rings (SSSR count).